The summed E-state index contributed by atoms with van der Waals surface area (Å²) in [5, 5.41) is 0. The number of hydrogen-bond donors (Lipinski definition) is 0. The standard InChI is InChI=1S/C7H13ClF3NO3S/c1-15-4-5-16(13,14)12(3-2-8)6-7(9,10)11/h2-6H2,1H3. The van der Waals surface area contributed by atoms with E-state index in [1.165, 1.54) is 7.11 Å². The molecular formula is C7H13ClF3NO3S. The zero-order chi connectivity index (χ0) is 12.8. The van der Waals surface area contributed by atoms with Gasteiger partial charge < -0.3 is 4.74 Å². The van der Waals surface area contributed by atoms with E-state index in [1.54, 1.807) is 0 Å². The molecule has 0 atom stereocenters. The molecule has 0 aliphatic carbocycles. The highest BCUT2D eigenvalue weighted by molar-refractivity contribution is 7.89. The van der Waals surface area contributed by atoms with E-state index in [2.05, 4.69) is 4.74 Å². The van der Waals surface area contributed by atoms with Crippen molar-refractivity contribution < 1.29 is 26.3 Å². The maximum absolute atomic E-state index is 12.1. The fourth-order valence-corrected chi connectivity index (χ4v) is 2.58. The first-order valence-corrected chi connectivity index (χ1v) is 6.47. The third-order valence-electron chi connectivity index (χ3n) is 1.63. The van der Waals surface area contributed by atoms with Crippen LogP contribution < -0.4 is 0 Å². The van der Waals surface area contributed by atoms with E-state index in [9.17, 15) is 21.6 Å². The van der Waals surface area contributed by atoms with Gasteiger partial charge in [0.1, 0.15) is 6.54 Å². The molecule has 16 heavy (non-hydrogen) atoms. The molecule has 0 unspecified atom stereocenters. The number of nitrogens with zero attached hydrogens (tertiary/aromatic N) is 1. The molecule has 0 amide bonds. The van der Waals surface area contributed by atoms with E-state index >= 15 is 0 Å². The molecule has 0 aliphatic rings. The van der Waals surface area contributed by atoms with Crippen LogP contribution in [-0.2, 0) is 14.8 Å². The molecule has 0 fully saturated rings. The second-order valence-corrected chi connectivity index (χ2v) is 5.41. The van der Waals surface area contributed by atoms with Gasteiger partial charge in [0.05, 0.1) is 12.4 Å². The van der Waals surface area contributed by atoms with Crippen LogP contribution in [0.2, 0.25) is 0 Å². The molecule has 0 spiro atoms. The Kier molecular flexibility index (Phi) is 6.61. The topological polar surface area (TPSA) is 46.6 Å². The molecule has 9 heteroatoms. The second kappa shape index (κ2) is 6.63. The van der Waals surface area contributed by atoms with Crippen molar-refractivity contribution in [3.8, 4) is 0 Å². The number of hydrogen-bond acceptors (Lipinski definition) is 3. The monoisotopic (exact) mass is 283 g/mol. The number of ether oxygens (including phenoxy) is 1. The second-order valence-electron chi connectivity index (χ2n) is 2.95. The van der Waals surface area contributed by atoms with Gasteiger partial charge in [0.25, 0.3) is 0 Å². The molecule has 0 aromatic carbocycles. The van der Waals surface area contributed by atoms with Crippen LogP contribution in [0.25, 0.3) is 0 Å². The number of alkyl halides is 4. The Morgan fingerprint density at radius 1 is 1.38 bits per heavy atom. The van der Waals surface area contributed by atoms with Crippen molar-refractivity contribution in [3.63, 3.8) is 0 Å². The van der Waals surface area contributed by atoms with Gasteiger partial charge in [-0.3, -0.25) is 0 Å². The minimum absolute atomic E-state index is 0.154. The molecule has 0 aromatic rings. The van der Waals surface area contributed by atoms with E-state index in [4.69, 9.17) is 11.6 Å². The summed E-state index contributed by atoms with van der Waals surface area (Å²) in [6.45, 7) is -2.04. The molecule has 4 nitrogen and oxygen atoms in total. The number of methoxy groups -OCH3 is 1. The first-order chi connectivity index (χ1) is 7.23. The lowest BCUT2D eigenvalue weighted by Gasteiger charge is -2.22. The van der Waals surface area contributed by atoms with Crippen molar-refractivity contribution >= 4 is 21.6 Å². The van der Waals surface area contributed by atoms with Gasteiger partial charge in [-0.05, 0) is 0 Å². The molecule has 0 saturated heterocycles. The maximum atomic E-state index is 12.1. The highest BCUT2D eigenvalue weighted by Crippen LogP contribution is 2.18. The molecular weight excluding hydrogens is 271 g/mol. The van der Waals surface area contributed by atoms with Crippen molar-refractivity contribution in [2.75, 3.05) is 38.4 Å². The van der Waals surface area contributed by atoms with E-state index < -0.39 is 28.5 Å². The first kappa shape index (κ1) is 16.0. The maximum Gasteiger partial charge on any atom is 0.402 e. The lowest BCUT2D eigenvalue weighted by Crippen LogP contribution is -2.41. The Hall–Kier alpha value is -0.0500. The molecule has 0 bridgehead atoms. The van der Waals surface area contributed by atoms with Crippen LogP contribution in [0.4, 0.5) is 13.2 Å². The van der Waals surface area contributed by atoms with Gasteiger partial charge in [-0.15, -0.1) is 11.6 Å². The quantitative estimate of drug-likeness (QED) is 0.657. The molecule has 0 saturated carbocycles. The van der Waals surface area contributed by atoms with Gasteiger partial charge in [0.2, 0.25) is 10.0 Å². The van der Waals surface area contributed by atoms with Crippen LogP contribution in [0.15, 0.2) is 0 Å². The van der Waals surface area contributed by atoms with Gasteiger partial charge in [-0.1, -0.05) is 0 Å². The van der Waals surface area contributed by atoms with Crippen LogP contribution in [0, 0.1) is 0 Å². The number of rotatable bonds is 7. The molecule has 0 rings (SSSR count). The Morgan fingerprint density at radius 2 is 1.94 bits per heavy atom. The number of sulfonamides is 1. The van der Waals surface area contributed by atoms with Gasteiger partial charge in [-0.25, -0.2) is 8.42 Å². The predicted octanol–water partition coefficient (Wildman–Crippen LogP) is 1.07. The van der Waals surface area contributed by atoms with E-state index in [0.717, 1.165) is 0 Å². The van der Waals surface area contributed by atoms with Gasteiger partial charge in [0.15, 0.2) is 0 Å². The fourth-order valence-electron chi connectivity index (χ4n) is 0.928. The fraction of sp³-hybridized carbons (Fsp3) is 1.00. The third kappa shape index (κ3) is 6.51. The Bertz CT molecular complexity index is 294. The van der Waals surface area contributed by atoms with E-state index in [1.807, 2.05) is 0 Å². The van der Waals surface area contributed by atoms with Crippen LogP contribution in [0.1, 0.15) is 0 Å². The SMILES string of the molecule is COCCS(=O)(=O)N(CCCl)CC(F)(F)F. The summed E-state index contributed by atoms with van der Waals surface area (Å²) in [5.41, 5.74) is 0. The number of halogens is 4. The largest absolute Gasteiger partial charge is 0.402 e. The van der Waals surface area contributed by atoms with E-state index in [-0.39, 0.29) is 19.0 Å². The Balaban J connectivity index is 4.63. The van der Waals surface area contributed by atoms with Crippen LogP contribution in [-0.4, -0.2) is 57.3 Å². The van der Waals surface area contributed by atoms with Crippen molar-refractivity contribution in [2.24, 2.45) is 0 Å². The van der Waals surface area contributed by atoms with Gasteiger partial charge in [-0.2, -0.15) is 17.5 Å². The first-order valence-electron chi connectivity index (χ1n) is 4.32. The average Bonchev–Trinajstić information content (AvgIpc) is 2.12. The smallest absolute Gasteiger partial charge is 0.384 e. The highest BCUT2D eigenvalue weighted by atomic mass is 35.5. The van der Waals surface area contributed by atoms with Crippen molar-refractivity contribution in [2.45, 2.75) is 6.18 Å². The molecule has 0 radical (unpaired) electrons. The minimum Gasteiger partial charge on any atom is -0.384 e. The summed E-state index contributed by atoms with van der Waals surface area (Å²) in [5.74, 6) is -0.682. The lowest BCUT2D eigenvalue weighted by molar-refractivity contribution is -0.135. The van der Waals surface area contributed by atoms with Crippen LogP contribution in [0.3, 0.4) is 0 Å². The van der Waals surface area contributed by atoms with Gasteiger partial charge >= 0.3 is 6.18 Å². The minimum atomic E-state index is -4.58. The molecule has 0 heterocycles. The van der Waals surface area contributed by atoms with Crippen LogP contribution >= 0.6 is 11.6 Å². The van der Waals surface area contributed by atoms with Gasteiger partial charge in [0, 0.05) is 19.5 Å². The molecule has 98 valence electrons. The zero-order valence-corrected chi connectivity index (χ0v) is 10.2. The summed E-state index contributed by atoms with van der Waals surface area (Å²) in [7, 11) is -2.71. The zero-order valence-electron chi connectivity index (χ0n) is 8.63. The Labute approximate surface area is 97.4 Å². The predicted molar refractivity (Wildman–Crippen MR) is 54.0 cm³/mol. The van der Waals surface area contributed by atoms with Crippen molar-refractivity contribution in [1.29, 1.82) is 0 Å². The average molecular weight is 284 g/mol. The lowest BCUT2D eigenvalue weighted by atomic mass is 10.6. The van der Waals surface area contributed by atoms with Crippen LogP contribution in [0.5, 0.6) is 0 Å². The summed E-state index contributed by atoms with van der Waals surface area (Å²) in [4.78, 5) is 0. The highest BCUT2D eigenvalue weighted by Gasteiger charge is 2.35. The molecule has 0 aromatic heterocycles. The summed E-state index contributed by atoms with van der Waals surface area (Å²) in [6, 6.07) is 0. The van der Waals surface area contributed by atoms with Crippen molar-refractivity contribution in [1.82, 2.24) is 4.31 Å². The molecule has 0 N–H and O–H groups in total. The third-order valence-corrected chi connectivity index (χ3v) is 3.58. The summed E-state index contributed by atoms with van der Waals surface area (Å²) in [6.07, 6.45) is -4.58. The molecule has 0 aliphatic heterocycles. The Morgan fingerprint density at radius 3 is 2.31 bits per heavy atom. The normalized spacial score (nSPS) is 13.4. The summed E-state index contributed by atoms with van der Waals surface area (Å²) < 4.78 is 64.0. The summed E-state index contributed by atoms with van der Waals surface area (Å²) >= 11 is 5.26. The van der Waals surface area contributed by atoms with Crippen molar-refractivity contribution in [3.05, 3.63) is 0 Å². The van der Waals surface area contributed by atoms with E-state index in [0.29, 0.717) is 4.31 Å².